The van der Waals surface area contributed by atoms with Crippen molar-refractivity contribution in [3.05, 3.63) is 78.1 Å². The van der Waals surface area contributed by atoms with Crippen molar-refractivity contribution in [1.82, 2.24) is 4.57 Å². The number of benzene rings is 3. The van der Waals surface area contributed by atoms with Crippen molar-refractivity contribution < 1.29 is 23.5 Å². The minimum Gasteiger partial charge on any atom is -0.493 e. The van der Waals surface area contributed by atoms with Crippen LogP contribution in [0.15, 0.2) is 66.9 Å². The van der Waals surface area contributed by atoms with Crippen molar-refractivity contribution in [2.45, 2.75) is 45.7 Å². The molecule has 0 amide bonds. The van der Waals surface area contributed by atoms with E-state index in [1.54, 1.807) is 7.11 Å². The van der Waals surface area contributed by atoms with Gasteiger partial charge < -0.3 is 23.5 Å². The molecule has 4 heterocycles. The van der Waals surface area contributed by atoms with E-state index in [2.05, 4.69) is 76.9 Å². The SMILES string of the molecule is COc1ccc2cc3[n+](cc2c1OCCCCCn1c(C)cc2ccccc21)CCc1cc2c(cc1-3)OCO2. The Hall–Kier alpha value is -4.19. The van der Waals surface area contributed by atoms with Crippen LogP contribution in [-0.4, -0.2) is 25.1 Å². The van der Waals surface area contributed by atoms with E-state index < -0.39 is 0 Å². The Kier molecular flexibility index (Phi) is 6.03. The molecule has 2 aliphatic heterocycles. The lowest BCUT2D eigenvalue weighted by Gasteiger charge is -2.18. The number of fused-ring (bicyclic) bond motifs is 6. The molecule has 0 spiro atoms. The maximum absolute atomic E-state index is 6.41. The lowest BCUT2D eigenvalue weighted by atomic mass is 9.95. The first kappa shape index (κ1) is 23.9. The number of rotatable bonds is 8. The highest BCUT2D eigenvalue weighted by molar-refractivity contribution is 5.91. The number of unbranched alkanes of at least 4 members (excludes halogenated alkanes) is 2. The molecular formula is C33H33N2O4+. The number of methoxy groups -OCH3 is 1. The molecule has 6 nitrogen and oxygen atoms in total. The van der Waals surface area contributed by atoms with Gasteiger partial charge in [-0.1, -0.05) is 18.2 Å². The zero-order valence-corrected chi connectivity index (χ0v) is 22.5. The molecule has 0 aliphatic carbocycles. The van der Waals surface area contributed by atoms with Gasteiger partial charge in [0.25, 0.3) is 0 Å². The average Bonchev–Trinajstić information content (AvgIpc) is 3.55. The summed E-state index contributed by atoms with van der Waals surface area (Å²) in [5, 5.41) is 3.53. The van der Waals surface area contributed by atoms with Crippen LogP contribution in [-0.2, 0) is 19.5 Å². The maximum Gasteiger partial charge on any atom is 0.231 e. The summed E-state index contributed by atoms with van der Waals surface area (Å²) in [5.41, 5.74) is 6.33. The third-order valence-electron chi connectivity index (χ3n) is 8.09. The number of ether oxygens (including phenoxy) is 4. The van der Waals surface area contributed by atoms with Gasteiger partial charge in [0.2, 0.25) is 12.5 Å². The number of nitrogens with zero attached hydrogens (tertiary/aromatic N) is 2. The van der Waals surface area contributed by atoms with E-state index in [0.29, 0.717) is 13.4 Å². The van der Waals surface area contributed by atoms with Crippen molar-refractivity contribution in [2.24, 2.45) is 0 Å². The monoisotopic (exact) mass is 521 g/mol. The van der Waals surface area contributed by atoms with Gasteiger partial charge in [0.15, 0.2) is 35.7 Å². The number of hydrogen-bond donors (Lipinski definition) is 0. The molecule has 0 bridgehead atoms. The van der Waals surface area contributed by atoms with Crippen LogP contribution in [0.5, 0.6) is 23.0 Å². The molecule has 5 aromatic rings. The number of para-hydroxylation sites is 1. The first-order valence-corrected chi connectivity index (χ1v) is 13.8. The zero-order chi connectivity index (χ0) is 26.3. The summed E-state index contributed by atoms with van der Waals surface area (Å²) in [5.74, 6) is 3.27. The lowest BCUT2D eigenvalue weighted by molar-refractivity contribution is -0.686. The van der Waals surface area contributed by atoms with Gasteiger partial charge in [0.1, 0.15) is 0 Å². The van der Waals surface area contributed by atoms with Crippen molar-refractivity contribution in [2.75, 3.05) is 20.5 Å². The topological polar surface area (TPSA) is 45.7 Å². The van der Waals surface area contributed by atoms with Gasteiger partial charge in [-0.25, -0.2) is 0 Å². The fourth-order valence-corrected chi connectivity index (χ4v) is 6.07. The maximum atomic E-state index is 6.41. The van der Waals surface area contributed by atoms with Crippen LogP contribution in [0.25, 0.3) is 32.9 Å². The van der Waals surface area contributed by atoms with E-state index >= 15 is 0 Å². The van der Waals surface area contributed by atoms with Gasteiger partial charge in [-0.2, -0.15) is 4.57 Å². The predicted octanol–water partition coefficient (Wildman–Crippen LogP) is 6.60. The number of aromatic nitrogens is 2. The van der Waals surface area contributed by atoms with Gasteiger partial charge in [-0.3, -0.25) is 0 Å². The van der Waals surface area contributed by atoms with Crippen LogP contribution in [0.4, 0.5) is 0 Å². The van der Waals surface area contributed by atoms with Gasteiger partial charge >= 0.3 is 0 Å². The van der Waals surface area contributed by atoms with Crippen molar-refractivity contribution in [3.63, 3.8) is 0 Å². The standard InChI is InChI=1S/C33H33N2O4/c1-22-16-25-8-4-5-9-28(25)35(22)13-6-3-7-15-37-33-27-20-34-14-12-24-18-31-32(39-21-38-31)19-26(24)29(34)17-23(27)10-11-30(33)36-2/h4-5,8-11,16-20H,3,6-7,12-15,21H2,1-2H3/q+1. The van der Waals surface area contributed by atoms with E-state index in [-0.39, 0.29) is 0 Å². The molecule has 0 N–H and O–H groups in total. The summed E-state index contributed by atoms with van der Waals surface area (Å²) in [6.45, 7) is 5.08. The zero-order valence-electron chi connectivity index (χ0n) is 22.5. The van der Waals surface area contributed by atoms with E-state index in [0.717, 1.165) is 72.5 Å². The second-order valence-corrected chi connectivity index (χ2v) is 10.5. The largest absolute Gasteiger partial charge is 0.493 e. The van der Waals surface area contributed by atoms with Gasteiger partial charge in [-0.05, 0) is 78.9 Å². The highest BCUT2D eigenvalue weighted by Crippen LogP contribution is 2.41. The quantitative estimate of drug-likeness (QED) is 0.171. The van der Waals surface area contributed by atoms with Crippen molar-refractivity contribution in [1.29, 1.82) is 0 Å². The number of aryl methyl sites for hydroxylation is 4. The first-order valence-electron chi connectivity index (χ1n) is 13.8. The minimum absolute atomic E-state index is 0.291. The Morgan fingerprint density at radius 2 is 1.79 bits per heavy atom. The van der Waals surface area contributed by atoms with Crippen molar-refractivity contribution in [3.8, 4) is 34.3 Å². The van der Waals surface area contributed by atoms with Gasteiger partial charge in [-0.15, -0.1) is 0 Å². The highest BCUT2D eigenvalue weighted by atomic mass is 16.7. The fourth-order valence-electron chi connectivity index (χ4n) is 6.07. The predicted molar refractivity (Wildman–Crippen MR) is 152 cm³/mol. The van der Waals surface area contributed by atoms with E-state index in [1.807, 2.05) is 6.07 Å². The summed E-state index contributed by atoms with van der Waals surface area (Å²) in [6.07, 6.45) is 6.39. The van der Waals surface area contributed by atoms with Crippen LogP contribution in [0.2, 0.25) is 0 Å². The van der Waals surface area contributed by atoms with Crippen molar-refractivity contribution >= 4 is 21.7 Å². The van der Waals surface area contributed by atoms with Crippen LogP contribution < -0.4 is 23.5 Å². The van der Waals surface area contributed by atoms with Gasteiger partial charge in [0, 0.05) is 30.2 Å². The molecule has 39 heavy (non-hydrogen) atoms. The van der Waals surface area contributed by atoms with Crippen LogP contribution in [0.3, 0.4) is 0 Å². The fraction of sp³-hybridized carbons (Fsp3) is 0.303. The number of hydrogen-bond acceptors (Lipinski definition) is 4. The molecule has 0 atom stereocenters. The highest BCUT2D eigenvalue weighted by Gasteiger charge is 2.28. The molecule has 0 fully saturated rings. The Bertz CT molecular complexity index is 1700. The third kappa shape index (κ3) is 4.24. The Labute approximate surface area is 228 Å². The van der Waals surface area contributed by atoms with Crippen LogP contribution >= 0.6 is 0 Å². The smallest absolute Gasteiger partial charge is 0.231 e. The second-order valence-electron chi connectivity index (χ2n) is 10.5. The Morgan fingerprint density at radius 3 is 2.69 bits per heavy atom. The van der Waals surface area contributed by atoms with E-state index in [4.69, 9.17) is 18.9 Å². The average molecular weight is 522 g/mol. The third-order valence-corrected chi connectivity index (χ3v) is 8.09. The Balaban J connectivity index is 1.07. The molecule has 2 aliphatic rings. The molecule has 0 saturated carbocycles. The lowest BCUT2D eigenvalue weighted by Crippen LogP contribution is -2.40. The summed E-state index contributed by atoms with van der Waals surface area (Å²) >= 11 is 0. The Morgan fingerprint density at radius 1 is 0.923 bits per heavy atom. The second kappa shape index (κ2) is 9.84. The van der Waals surface area contributed by atoms with Crippen LogP contribution in [0.1, 0.15) is 30.5 Å². The minimum atomic E-state index is 0.291. The molecule has 3 aromatic carbocycles. The molecule has 198 valence electrons. The van der Waals surface area contributed by atoms with E-state index in [1.165, 1.54) is 33.4 Å². The molecule has 2 aromatic heterocycles. The normalized spacial score (nSPS) is 13.5. The first-order chi connectivity index (χ1) is 19.2. The molecule has 7 rings (SSSR count). The summed E-state index contributed by atoms with van der Waals surface area (Å²) in [4.78, 5) is 0. The number of pyridine rings is 1. The molecule has 6 heteroatoms. The summed E-state index contributed by atoms with van der Waals surface area (Å²) in [6, 6.07) is 21.5. The molecule has 0 saturated heterocycles. The molecule has 0 radical (unpaired) electrons. The molecular weight excluding hydrogens is 488 g/mol. The molecule has 0 unspecified atom stereocenters. The van der Waals surface area contributed by atoms with Crippen LogP contribution in [0, 0.1) is 6.92 Å². The summed E-state index contributed by atoms with van der Waals surface area (Å²) < 4.78 is 28.1. The van der Waals surface area contributed by atoms with E-state index in [9.17, 15) is 0 Å². The summed E-state index contributed by atoms with van der Waals surface area (Å²) in [7, 11) is 1.71. The van der Waals surface area contributed by atoms with Gasteiger partial charge in [0.05, 0.1) is 24.7 Å².